The lowest BCUT2D eigenvalue weighted by Crippen LogP contribution is -2.45. The highest BCUT2D eigenvalue weighted by Crippen LogP contribution is 2.47. The van der Waals surface area contributed by atoms with Crippen LogP contribution in [0.15, 0.2) is 16.9 Å². The lowest BCUT2D eigenvalue weighted by molar-refractivity contribution is -0.172. The number of aliphatic hydroxyl groups is 2. The van der Waals surface area contributed by atoms with Gasteiger partial charge in [-0.25, -0.2) is 14.2 Å². The van der Waals surface area contributed by atoms with E-state index in [1.54, 1.807) is 27.0 Å². The molecule has 0 spiro atoms. The van der Waals surface area contributed by atoms with Gasteiger partial charge in [0.15, 0.2) is 5.60 Å². The topological polar surface area (TPSA) is 122 Å². The summed E-state index contributed by atoms with van der Waals surface area (Å²) in [5.74, 6) is -1.66. The van der Waals surface area contributed by atoms with Crippen LogP contribution < -0.4 is 5.56 Å². The molecular weight excluding hydrogens is 505 g/mol. The number of aryl methyl sites for hydroxylation is 1. The summed E-state index contributed by atoms with van der Waals surface area (Å²) in [5.41, 5.74) is 0.547. The number of carbonyl (C=O) groups excluding carboxylic acids is 2. The SMILES string of the molecule is CC[C@@]1(O)C(=O)OCc2c1cc1n(c2=O)Cc2c-1nc1cc(F)c(C)c3c1c2[C@@H](N(C)C(=O)C(C)(C)O)CC3. The molecule has 10 heteroatoms. The summed E-state index contributed by atoms with van der Waals surface area (Å²) in [7, 11) is 1.64. The number of amides is 1. The standard InChI is InChI=1S/C29H30FN3O6/c1-6-29(38)17-9-21-24-15(11-33(21)25(34)16(17)12-39-27(29)36)23-20(32(5)26(35)28(3,4)37)8-7-14-13(2)18(30)10-19(31-24)22(14)23/h9-10,20,37-38H,6-8,11-12H2,1-5H3/t20-,29-/m0/s1. The summed E-state index contributed by atoms with van der Waals surface area (Å²) in [6, 6.07) is 2.54. The summed E-state index contributed by atoms with van der Waals surface area (Å²) < 4.78 is 21.7. The van der Waals surface area contributed by atoms with Crippen molar-refractivity contribution in [2.75, 3.05) is 7.05 Å². The summed E-state index contributed by atoms with van der Waals surface area (Å²) >= 11 is 0. The van der Waals surface area contributed by atoms with Crippen LogP contribution in [0.3, 0.4) is 0 Å². The molecule has 0 bridgehead atoms. The van der Waals surface area contributed by atoms with Gasteiger partial charge in [0.2, 0.25) is 0 Å². The fourth-order valence-electron chi connectivity index (χ4n) is 6.49. The highest BCUT2D eigenvalue weighted by molar-refractivity contribution is 5.94. The van der Waals surface area contributed by atoms with Crippen molar-refractivity contribution in [3.8, 4) is 11.4 Å². The first-order valence-electron chi connectivity index (χ1n) is 13.1. The molecule has 2 aromatic heterocycles. The Bertz CT molecular complexity index is 1690. The number of cyclic esters (lactones) is 1. The van der Waals surface area contributed by atoms with Gasteiger partial charge in [0.25, 0.3) is 11.5 Å². The normalized spacial score (nSPS) is 21.3. The minimum Gasteiger partial charge on any atom is -0.458 e. The molecule has 6 rings (SSSR count). The van der Waals surface area contributed by atoms with E-state index in [0.717, 1.165) is 22.1 Å². The molecule has 2 N–H and O–H groups in total. The van der Waals surface area contributed by atoms with Gasteiger partial charge in [0.05, 0.1) is 35.1 Å². The number of aromatic nitrogens is 2. The predicted octanol–water partition coefficient (Wildman–Crippen LogP) is 2.74. The molecule has 1 aliphatic carbocycles. The lowest BCUT2D eigenvalue weighted by Gasteiger charge is -2.37. The van der Waals surface area contributed by atoms with E-state index in [9.17, 15) is 24.6 Å². The molecule has 0 saturated heterocycles. The average Bonchev–Trinajstić information content (AvgIpc) is 3.27. The molecule has 9 nitrogen and oxygen atoms in total. The van der Waals surface area contributed by atoms with Gasteiger partial charge < -0.3 is 24.4 Å². The Labute approximate surface area is 223 Å². The van der Waals surface area contributed by atoms with Gasteiger partial charge in [0.1, 0.15) is 18.0 Å². The summed E-state index contributed by atoms with van der Waals surface area (Å²) in [4.78, 5) is 45.7. The number of carbonyl (C=O) groups is 2. The molecule has 2 aliphatic heterocycles. The van der Waals surface area contributed by atoms with Crippen LogP contribution in [-0.2, 0) is 39.5 Å². The fraction of sp³-hybridized carbons (Fsp3) is 0.448. The van der Waals surface area contributed by atoms with Crippen LogP contribution in [0.2, 0.25) is 0 Å². The molecule has 3 aliphatic rings. The second kappa shape index (κ2) is 8.19. The molecule has 1 amide bonds. The summed E-state index contributed by atoms with van der Waals surface area (Å²) in [6.07, 6.45) is 1.04. The third-order valence-corrected chi connectivity index (χ3v) is 8.66. The largest absolute Gasteiger partial charge is 0.458 e. The molecule has 0 radical (unpaired) electrons. The van der Waals surface area contributed by atoms with Crippen LogP contribution in [-0.4, -0.2) is 49.2 Å². The number of rotatable bonds is 3. The second-order valence-corrected chi connectivity index (χ2v) is 11.3. The number of ether oxygens (including phenoxy) is 1. The van der Waals surface area contributed by atoms with E-state index >= 15 is 4.39 Å². The van der Waals surface area contributed by atoms with Crippen molar-refractivity contribution in [1.29, 1.82) is 0 Å². The monoisotopic (exact) mass is 535 g/mol. The van der Waals surface area contributed by atoms with Gasteiger partial charge in [-0.05, 0) is 62.8 Å². The zero-order valence-electron chi connectivity index (χ0n) is 22.5. The summed E-state index contributed by atoms with van der Waals surface area (Å²) in [5, 5.41) is 22.4. The number of likely N-dealkylation sites (N-methyl/N-ethyl adjacent to an activating group) is 1. The first kappa shape index (κ1) is 25.6. The highest BCUT2D eigenvalue weighted by atomic mass is 19.1. The Hall–Kier alpha value is -3.63. The number of benzene rings is 1. The number of nitrogens with zero attached hydrogens (tertiary/aromatic N) is 3. The van der Waals surface area contributed by atoms with Gasteiger partial charge in [-0.1, -0.05) is 6.92 Å². The van der Waals surface area contributed by atoms with Gasteiger partial charge in [-0.2, -0.15) is 0 Å². The summed E-state index contributed by atoms with van der Waals surface area (Å²) in [6.45, 7) is 6.15. The van der Waals surface area contributed by atoms with Crippen LogP contribution in [0.5, 0.6) is 0 Å². The Kier molecular flexibility index (Phi) is 5.38. The first-order valence-corrected chi connectivity index (χ1v) is 13.1. The molecule has 3 aromatic rings. The van der Waals surface area contributed by atoms with E-state index in [1.165, 1.54) is 29.4 Å². The van der Waals surface area contributed by atoms with E-state index in [2.05, 4.69) is 0 Å². The molecule has 39 heavy (non-hydrogen) atoms. The molecule has 204 valence electrons. The third kappa shape index (κ3) is 3.37. The zero-order valence-corrected chi connectivity index (χ0v) is 22.5. The number of esters is 1. The van der Waals surface area contributed by atoms with Gasteiger partial charge in [-0.3, -0.25) is 9.59 Å². The Morgan fingerprint density at radius 3 is 2.67 bits per heavy atom. The van der Waals surface area contributed by atoms with E-state index < -0.39 is 34.7 Å². The number of hydrogen-bond acceptors (Lipinski definition) is 7. The molecule has 0 fully saturated rings. The van der Waals surface area contributed by atoms with Crippen molar-refractivity contribution in [3.63, 3.8) is 0 Å². The van der Waals surface area contributed by atoms with Crippen LogP contribution >= 0.6 is 0 Å². The predicted molar refractivity (Wildman–Crippen MR) is 139 cm³/mol. The smallest absolute Gasteiger partial charge is 0.343 e. The van der Waals surface area contributed by atoms with Crippen molar-refractivity contribution < 1.29 is 28.9 Å². The second-order valence-electron chi connectivity index (χ2n) is 11.3. The number of fused-ring (bicyclic) bond motifs is 5. The number of halogens is 1. The van der Waals surface area contributed by atoms with E-state index in [-0.39, 0.29) is 36.5 Å². The quantitative estimate of drug-likeness (QED) is 0.387. The third-order valence-electron chi connectivity index (χ3n) is 8.66. The highest BCUT2D eigenvalue weighted by Gasteiger charge is 2.46. The Morgan fingerprint density at radius 1 is 1.28 bits per heavy atom. The van der Waals surface area contributed by atoms with E-state index in [0.29, 0.717) is 35.3 Å². The van der Waals surface area contributed by atoms with Crippen molar-refractivity contribution in [2.24, 2.45) is 0 Å². The minimum atomic E-state index is -1.96. The number of hydrogen-bond donors (Lipinski definition) is 2. The molecule has 1 aromatic carbocycles. The first-order chi connectivity index (χ1) is 18.3. The van der Waals surface area contributed by atoms with Gasteiger partial charge in [0, 0.05) is 29.6 Å². The van der Waals surface area contributed by atoms with Crippen molar-refractivity contribution >= 4 is 22.8 Å². The average molecular weight is 536 g/mol. The van der Waals surface area contributed by atoms with Crippen molar-refractivity contribution in [3.05, 3.63) is 61.7 Å². The van der Waals surface area contributed by atoms with E-state index in [4.69, 9.17) is 9.72 Å². The van der Waals surface area contributed by atoms with Gasteiger partial charge in [-0.15, -0.1) is 0 Å². The van der Waals surface area contributed by atoms with Crippen molar-refractivity contribution in [1.82, 2.24) is 14.5 Å². The molecule has 4 heterocycles. The Balaban J connectivity index is 1.66. The molecule has 0 unspecified atom stereocenters. The van der Waals surface area contributed by atoms with E-state index in [1.807, 2.05) is 0 Å². The molecule has 2 atom stereocenters. The molecule has 0 saturated carbocycles. The zero-order chi connectivity index (χ0) is 28.2. The fourth-order valence-corrected chi connectivity index (χ4v) is 6.49. The maximum absolute atomic E-state index is 15.0. The van der Waals surface area contributed by atoms with Crippen LogP contribution in [0, 0.1) is 12.7 Å². The maximum Gasteiger partial charge on any atom is 0.343 e. The minimum absolute atomic E-state index is 0.0186. The van der Waals surface area contributed by atoms with Crippen molar-refractivity contribution in [2.45, 2.75) is 77.4 Å². The Morgan fingerprint density at radius 2 is 2.00 bits per heavy atom. The maximum atomic E-state index is 15.0. The number of pyridine rings is 2. The van der Waals surface area contributed by atoms with Crippen LogP contribution in [0.25, 0.3) is 22.3 Å². The molecular formula is C29H30FN3O6. The lowest BCUT2D eigenvalue weighted by atomic mass is 9.81. The van der Waals surface area contributed by atoms with Crippen LogP contribution in [0.1, 0.15) is 73.0 Å². The van der Waals surface area contributed by atoms with Gasteiger partial charge >= 0.3 is 5.97 Å². The van der Waals surface area contributed by atoms with Crippen LogP contribution in [0.4, 0.5) is 4.39 Å².